The fourth-order valence-electron chi connectivity index (χ4n) is 3.18. The average Bonchev–Trinajstić information content (AvgIpc) is 2.80. The lowest BCUT2D eigenvalue weighted by atomic mass is 10.2. The van der Waals surface area contributed by atoms with Gasteiger partial charge in [-0.15, -0.1) is 0 Å². The number of carbonyl (C=O) groups is 1. The number of benzene rings is 2. The number of carboxylic acids is 1. The Labute approximate surface area is 166 Å². The molecule has 142 valence electrons. The van der Waals surface area contributed by atoms with Crippen LogP contribution < -0.4 is 0 Å². The topological polar surface area (TPSA) is 76.4 Å². The minimum Gasteiger partial charge on any atom is -0.480 e. The molecular formula is C19H18ClNO4S2. The summed E-state index contributed by atoms with van der Waals surface area (Å²) in [5.74, 6) is -0.995. The molecule has 1 aromatic heterocycles. The predicted octanol–water partition coefficient (Wildman–Crippen LogP) is 4.55. The van der Waals surface area contributed by atoms with Gasteiger partial charge < -0.3 is 9.67 Å². The highest BCUT2D eigenvalue weighted by Crippen LogP contribution is 2.43. The number of sulfone groups is 1. The number of aliphatic carboxylic acids is 1. The van der Waals surface area contributed by atoms with Crippen LogP contribution in [0.25, 0.3) is 10.9 Å². The minimum absolute atomic E-state index is 0.224. The maximum atomic E-state index is 12.5. The van der Waals surface area contributed by atoms with Crippen molar-refractivity contribution in [2.45, 2.75) is 35.1 Å². The van der Waals surface area contributed by atoms with E-state index in [1.165, 1.54) is 18.0 Å². The lowest BCUT2D eigenvalue weighted by molar-refractivity contribution is -0.137. The van der Waals surface area contributed by atoms with Gasteiger partial charge in [-0.2, -0.15) is 0 Å². The van der Waals surface area contributed by atoms with Gasteiger partial charge in [-0.1, -0.05) is 41.6 Å². The molecule has 0 atom stereocenters. The molecule has 0 spiro atoms. The van der Waals surface area contributed by atoms with Crippen LogP contribution in [-0.2, 0) is 21.2 Å². The van der Waals surface area contributed by atoms with Gasteiger partial charge in [0.05, 0.1) is 15.4 Å². The van der Waals surface area contributed by atoms with Gasteiger partial charge in [0.15, 0.2) is 9.84 Å². The molecule has 0 unspecified atom stereocenters. The second kappa shape index (κ2) is 7.22. The molecule has 1 N–H and O–H groups in total. The highest BCUT2D eigenvalue weighted by atomic mass is 35.5. The van der Waals surface area contributed by atoms with E-state index in [2.05, 4.69) is 0 Å². The predicted molar refractivity (Wildman–Crippen MR) is 108 cm³/mol. The van der Waals surface area contributed by atoms with E-state index in [1.54, 1.807) is 36.6 Å². The Kier molecular flexibility index (Phi) is 5.29. The van der Waals surface area contributed by atoms with Crippen molar-refractivity contribution in [3.05, 3.63) is 52.7 Å². The first-order valence-electron chi connectivity index (χ1n) is 8.08. The number of nitrogens with zero attached hydrogens (tertiary/aromatic N) is 1. The minimum atomic E-state index is -3.52. The first-order chi connectivity index (χ1) is 12.6. The van der Waals surface area contributed by atoms with Gasteiger partial charge in [0.25, 0.3) is 0 Å². The summed E-state index contributed by atoms with van der Waals surface area (Å²) in [5, 5.41) is 10.4. The van der Waals surface area contributed by atoms with Crippen LogP contribution in [0.15, 0.2) is 51.1 Å². The summed E-state index contributed by atoms with van der Waals surface area (Å²) < 4.78 is 26.7. The van der Waals surface area contributed by atoms with Gasteiger partial charge in [0, 0.05) is 27.1 Å². The fourth-order valence-corrected chi connectivity index (χ4v) is 5.83. The quantitative estimate of drug-likeness (QED) is 0.651. The molecule has 2 aromatic carbocycles. The highest BCUT2D eigenvalue weighted by Gasteiger charge is 2.25. The van der Waals surface area contributed by atoms with E-state index in [-0.39, 0.29) is 11.4 Å². The Morgan fingerprint density at radius 2 is 1.85 bits per heavy atom. The summed E-state index contributed by atoms with van der Waals surface area (Å²) in [6.45, 7) is 3.28. The van der Waals surface area contributed by atoms with E-state index in [1.807, 2.05) is 18.2 Å². The van der Waals surface area contributed by atoms with Gasteiger partial charge in [0.2, 0.25) is 0 Å². The molecule has 1 heterocycles. The third kappa shape index (κ3) is 3.72. The van der Waals surface area contributed by atoms with Crippen molar-refractivity contribution in [1.82, 2.24) is 4.57 Å². The molecule has 0 fully saturated rings. The number of carboxylic acid groups (broad SMARTS) is 1. The molecule has 0 bridgehead atoms. The van der Waals surface area contributed by atoms with Crippen LogP contribution in [0.5, 0.6) is 0 Å². The summed E-state index contributed by atoms with van der Waals surface area (Å²) in [6.07, 6.45) is 1.17. The van der Waals surface area contributed by atoms with E-state index in [4.69, 9.17) is 11.6 Å². The Bertz CT molecular complexity index is 1170. The number of hydrogen-bond acceptors (Lipinski definition) is 4. The number of aryl methyl sites for hydroxylation is 1. The molecule has 0 saturated carbocycles. The zero-order chi connectivity index (χ0) is 19.9. The lowest BCUT2D eigenvalue weighted by Crippen LogP contribution is -2.10. The van der Waals surface area contributed by atoms with Crippen LogP contribution in [0.3, 0.4) is 0 Å². The van der Waals surface area contributed by atoms with Gasteiger partial charge in [-0.25, -0.2) is 8.42 Å². The zero-order valence-electron chi connectivity index (χ0n) is 15.0. The van der Waals surface area contributed by atoms with Gasteiger partial charge in [0.1, 0.15) is 6.54 Å². The van der Waals surface area contributed by atoms with Crippen molar-refractivity contribution >= 4 is 50.1 Å². The maximum absolute atomic E-state index is 12.5. The average molecular weight is 424 g/mol. The van der Waals surface area contributed by atoms with Crippen LogP contribution >= 0.6 is 23.4 Å². The molecule has 8 heteroatoms. The van der Waals surface area contributed by atoms with E-state index >= 15 is 0 Å². The largest absolute Gasteiger partial charge is 0.480 e. The fraction of sp³-hybridized carbons (Fsp3) is 0.211. The van der Waals surface area contributed by atoms with E-state index in [0.717, 1.165) is 4.90 Å². The van der Waals surface area contributed by atoms with E-state index in [0.29, 0.717) is 32.1 Å². The van der Waals surface area contributed by atoms with Crippen LogP contribution in [0.2, 0.25) is 5.02 Å². The van der Waals surface area contributed by atoms with Crippen molar-refractivity contribution < 1.29 is 18.3 Å². The molecule has 0 aliphatic rings. The molecule has 0 aliphatic heterocycles. The first kappa shape index (κ1) is 19.8. The third-order valence-electron chi connectivity index (χ3n) is 4.30. The van der Waals surface area contributed by atoms with Gasteiger partial charge >= 0.3 is 5.97 Å². The summed E-state index contributed by atoms with van der Waals surface area (Å²) in [7, 11) is -3.52. The maximum Gasteiger partial charge on any atom is 0.323 e. The summed E-state index contributed by atoms with van der Waals surface area (Å²) in [5.41, 5.74) is 1.89. The summed E-state index contributed by atoms with van der Waals surface area (Å²) in [6, 6.07) is 10.8. The van der Waals surface area contributed by atoms with Crippen molar-refractivity contribution in [3.63, 3.8) is 0 Å². The highest BCUT2D eigenvalue weighted by molar-refractivity contribution is 7.99. The van der Waals surface area contributed by atoms with Crippen molar-refractivity contribution in [1.29, 1.82) is 0 Å². The standard InChI is InChI=1S/C19H18ClNO4S2/c1-11-8-9-14-17(19(11)27(3,24)25)18(12(2)21(14)10-16(22)23)26-15-7-5-4-6-13(15)20/h4-9H,10H2,1-3H3,(H,22,23). The molecule has 0 aliphatic carbocycles. The smallest absolute Gasteiger partial charge is 0.323 e. The Morgan fingerprint density at radius 1 is 1.19 bits per heavy atom. The normalized spacial score (nSPS) is 11.9. The molecule has 3 rings (SSSR count). The van der Waals surface area contributed by atoms with E-state index in [9.17, 15) is 18.3 Å². The summed E-state index contributed by atoms with van der Waals surface area (Å²) in [4.78, 5) is 13.1. The molecular weight excluding hydrogens is 406 g/mol. The molecule has 0 radical (unpaired) electrons. The number of halogens is 1. The monoisotopic (exact) mass is 423 g/mol. The molecule has 0 saturated heterocycles. The van der Waals surface area contributed by atoms with Crippen molar-refractivity contribution in [3.8, 4) is 0 Å². The van der Waals surface area contributed by atoms with Crippen molar-refractivity contribution in [2.75, 3.05) is 6.26 Å². The molecule has 0 amide bonds. The zero-order valence-corrected chi connectivity index (χ0v) is 17.4. The molecule has 27 heavy (non-hydrogen) atoms. The first-order valence-corrected chi connectivity index (χ1v) is 11.2. The van der Waals surface area contributed by atoms with Crippen LogP contribution in [0.4, 0.5) is 0 Å². The number of hydrogen-bond donors (Lipinski definition) is 1. The Morgan fingerprint density at radius 3 is 2.44 bits per heavy atom. The number of rotatable bonds is 5. The second-order valence-electron chi connectivity index (χ2n) is 6.30. The number of fused-ring (bicyclic) bond motifs is 1. The third-order valence-corrected chi connectivity index (χ3v) is 7.29. The Balaban J connectivity index is 2.40. The van der Waals surface area contributed by atoms with Crippen molar-refractivity contribution in [2.24, 2.45) is 0 Å². The Hall–Kier alpha value is -1.96. The van der Waals surface area contributed by atoms with Crippen LogP contribution in [-0.4, -0.2) is 30.3 Å². The van der Waals surface area contributed by atoms with Gasteiger partial charge in [-0.3, -0.25) is 4.79 Å². The molecule has 3 aromatic rings. The van der Waals surface area contributed by atoms with Crippen LogP contribution in [0, 0.1) is 13.8 Å². The summed E-state index contributed by atoms with van der Waals surface area (Å²) >= 11 is 7.64. The van der Waals surface area contributed by atoms with E-state index < -0.39 is 15.8 Å². The second-order valence-corrected chi connectivity index (χ2v) is 9.72. The number of aromatic nitrogens is 1. The molecule has 5 nitrogen and oxygen atoms in total. The van der Waals surface area contributed by atoms with Gasteiger partial charge in [-0.05, 0) is 37.6 Å². The lowest BCUT2D eigenvalue weighted by Gasteiger charge is -2.09. The van der Waals surface area contributed by atoms with Crippen LogP contribution in [0.1, 0.15) is 11.3 Å². The SMILES string of the molecule is Cc1ccc2c(c(Sc3ccccc3Cl)c(C)n2CC(=O)O)c1S(C)(=O)=O.